The molecule has 0 aromatic carbocycles. The third-order valence-corrected chi connectivity index (χ3v) is 7.03. The molecule has 2 amide bonds. The summed E-state index contributed by atoms with van der Waals surface area (Å²) in [4.78, 5) is 38.2. The van der Waals surface area contributed by atoms with Crippen LogP contribution in [0, 0.1) is 10.8 Å². The minimum atomic E-state index is -1.04. The van der Waals surface area contributed by atoms with Crippen molar-refractivity contribution in [1.82, 2.24) is 10.6 Å². The Morgan fingerprint density at radius 2 is 1.62 bits per heavy atom. The van der Waals surface area contributed by atoms with Crippen LogP contribution in [0.15, 0.2) is 12.2 Å². The number of carboxylic acid groups (broad SMARTS) is 1. The standard InChI is InChI=1S/C29H52N2O6/c1-9-11-12-13-14-15-16-17-18-27(3,4)26(35)31-21(10-2)22(19-23(32)33)30-25(34)24-28(5,6)20-36-29(7,8)37-24/h13-14,21-22,24H,9-12,15-20H2,1-8H3,(H,30,34)(H,31,35)(H,32,33)/b14-13+. The topological polar surface area (TPSA) is 114 Å². The highest BCUT2D eigenvalue weighted by Crippen LogP contribution is 2.35. The highest BCUT2D eigenvalue weighted by atomic mass is 16.7. The molecule has 0 aromatic heterocycles. The van der Waals surface area contributed by atoms with E-state index in [1.807, 2.05) is 34.6 Å². The van der Waals surface area contributed by atoms with E-state index in [4.69, 9.17) is 9.47 Å². The van der Waals surface area contributed by atoms with E-state index in [0.717, 1.165) is 32.1 Å². The molecule has 8 nitrogen and oxygen atoms in total. The van der Waals surface area contributed by atoms with E-state index >= 15 is 0 Å². The fourth-order valence-electron chi connectivity index (χ4n) is 4.41. The summed E-state index contributed by atoms with van der Waals surface area (Å²) in [6, 6.07) is -1.29. The first-order valence-electron chi connectivity index (χ1n) is 13.9. The number of ether oxygens (including phenoxy) is 2. The average Bonchev–Trinajstić information content (AvgIpc) is 2.80. The van der Waals surface area contributed by atoms with Crippen LogP contribution in [0.3, 0.4) is 0 Å². The molecule has 0 aromatic rings. The van der Waals surface area contributed by atoms with E-state index in [1.54, 1.807) is 13.8 Å². The molecule has 1 fully saturated rings. The van der Waals surface area contributed by atoms with Gasteiger partial charge in [0.1, 0.15) is 6.10 Å². The predicted octanol–water partition coefficient (Wildman–Crippen LogP) is 5.35. The van der Waals surface area contributed by atoms with Crippen molar-refractivity contribution in [3.8, 4) is 0 Å². The van der Waals surface area contributed by atoms with E-state index in [1.165, 1.54) is 12.8 Å². The van der Waals surface area contributed by atoms with Crippen LogP contribution in [0.1, 0.15) is 113 Å². The van der Waals surface area contributed by atoms with Gasteiger partial charge in [-0.3, -0.25) is 14.4 Å². The lowest BCUT2D eigenvalue weighted by atomic mass is 9.84. The number of hydrogen-bond donors (Lipinski definition) is 3. The maximum atomic E-state index is 13.3. The first kappa shape index (κ1) is 33.1. The Kier molecular flexibility index (Phi) is 13.3. The number of rotatable bonds is 16. The summed E-state index contributed by atoms with van der Waals surface area (Å²) in [5, 5.41) is 15.5. The molecule has 0 radical (unpaired) electrons. The summed E-state index contributed by atoms with van der Waals surface area (Å²) in [5.41, 5.74) is -1.20. The van der Waals surface area contributed by atoms with Crippen LogP contribution >= 0.6 is 0 Å². The molecule has 0 aliphatic carbocycles. The Labute approximate surface area is 224 Å². The van der Waals surface area contributed by atoms with Crippen LogP contribution in [0.25, 0.3) is 0 Å². The zero-order valence-corrected chi connectivity index (χ0v) is 24.4. The second-order valence-electron chi connectivity index (χ2n) is 12.1. The van der Waals surface area contributed by atoms with Gasteiger partial charge in [0.2, 0.25) is 11.8 Å². The first-order valence-corrected chi connectivity index (χ1v) is 13.9. The second kappa shape index (κ2) is 14.9. The molecule has 1 rings (SSSR count). The van der Waals surface area contributed by atoms with Gasteiger partial charge in [-0.1, -0.05) is 73.0 Å². The zero-order valence-electron chi connectivity index (χ0n) is 24.4. The molecule has 37 heavy (non-hydrogen) atoms. The van der Waals surface area contributed by atoms with Crippen molar-refractivity contribution in [1.29, 1.82) is 0 Å². The normalized spacial score (nSPS) is 20.8. The van der Waals surface area contributed by atoms with Crippen LogP contribution < -0.4 is 10.6 Å². The number of aliphatic carboxylic acids is 1. The molecule has 3 N–H and O–H groups in total. The predicted molar refractivity (Wildman–Crippen MR) is 146 cm³/mol. The number of amides is 2. The van der Waals surface area contributed by atoms with Crippen molar-refractivity contribution in [3.63, 3.8) is 0 Å². The Balaban J connectivity index is 2.80. The maximum absolute atomic E-state index is 13.3. The Morgan fingerprint density at radius 1 is 1.00 bits per heavy atom. The van der Waals surface area contributed by atoms with Gasteiger partial charge in [0.25, 0.3) is 0 Å². The minimum Gasteiger partial charge on any atom is -0.481 e. The van der Waals surface area contributed by atoms with E-state index in [0.29, 0.717) is 13.0 Å². The third-order valence-electron chi connectivity index (χ3n) is 7.03. The number of carbonyl (C=O) groups excluding carboxylic acids is 2. The van der Waals surface area contributed by atoms with Crippen molar-refractivity contribution < 1.29 is 29.0 Å². The average molecular weight is 525 g/mol. The fourth-order valence-corrected chi connectivity index (χ4v) is 4.41. The Bertz CT molecular complexity index is 774. The molecule has 0 saturated carbocycles. The highest BCUT2D eigenvalue weighted by Gasteiger charge is 2.46. The molecule has 3 unspecified atom stereocenters. The monoisotopic (exact) mass is 524 g/mol. The molecule has 1 aliphatic rings. The number of carbonyl (C=O) groups is 3. The van der Waals surface area contributed by atoms with Crippen molar-refractivity contribution in [2.75, 3.05) is 6.61 Å². The van der Waals surface area contributed by atoms with Crippen molar-refractivity contribution >= 4 is 17.8 Å². The van der Waals surface area contributed by atoms with Crippen LogP contribution in [0.4, 0.5) is 0 Å². The summed E-state index contributed by atoms with van der Waals surface area (Å²) < 4.78 is 11.6. The first-order chi connectivity index (χ1) is 17.1. The third kappa shape index (κ3) is 11.6. The van der Waals surface area contributed by atoms with Gasteiger partial charge in [-0.2, -0.15) is 0 Å². The molecule has 214 valence electrons. The summed E-state index contributed by atoms with van der Waals surface area (Å²) in [6.45, 7) is 15.5. The van der Waals surface area contributed by atoms with Gasteiger partial charge >= 0.3 is 5.97 Å². The van der Waals surface area contributed by atoms with Crippen LogP contribution in [-0.2, 0) is 23.9 Å². The Hall–Kier alpha value is -1.93. The van der Waals surface area contributed by atoms with Gasteiger partial charge in [-0.05, 0) is 46.0 Å². The lowest BCUT2D eigenvalue weighted by molar-refractivity contribution is -0.304. The maximum Gasteiger partial charge on any atom is 0.305 e. The van der Waals surface area contributed by atoms with E-state index in [-0.39, 0.29) is 12.3 Å². The highest BCUT2D eigenvalue weighted by molar-refractivity contribution is 5.84. The van der Waals surface area contributed by atoms with Crippen LogP contribution in [-0.4, -0.2) is 53.5 Å². The molecular formula is C29H52N2O6. The van der Waals surface area contributed by atoms with Crippen LogP contribution in [0.5, 0.6) is 0 Å². The quantitative estimate of drug-likeness (QED) is 0.185. The zero-order chi connectivity index (χ0) is 28.3. The summed E-state index contributed by atoms with van der Waals surface area (Å²) in [7, 11) is 0. The molecule has 1 aliphatic heterocycles. The van der Waals surface area contributed by atoms with Gasteiger partial charge in [-0.25, -0.2) is 0 Å². The van der Waals surface area contributed by atoms with Gasteiger partial charge in [0, 0.05) is 16.9 Å². The molecule has 1 heterocycles. The van der Waals surface area contributed by atoms with Gasteiger partial charge in [-0.15, -0.1) is 0 Å². The number of unbranched alkanes of at least 4 members (excludes halogenated alkanes) is 4. The summed E-state index contributed by atoms with van der Waals surface area (Å²) in [5.74, 6) is -2.50. The molecule has 0 bridgehead atoms. The second-order valence-corrected chi connectivity index (χ2v) is 12.1. The number of nitrogens with one attached hydrogen (secondary N) is 2. The lowest BCUT2D eigenvalue weighted by Gasteiger charge is -2.45. The van der Waals surface area contributed by atoms with Crippen molar-refractivity contribution in [2.24, 2.45) is 10.8 Å². The van der Waals surface area contributed by atoms with Gasteiger partial charge < -0.3 is 25.2 Å². The smallest absolute Gasteiger partial charge is 0.305 e. The van der Waals surface area contributed by atoms with E-state index in [9.17, 15) is 19.5 Å². The van der Waals surface area contributed by atoms with E-state index < -0.39 is 46.7 Å². The number of allylic oxidation sites excluding steroid dienone is 2. The summed E-state index contributed by atoms with van der Waals surface area (Å²) >= 11 is 0. The van der Waals surface area contributed by atoms with Gasteiger partial charge in [0.15, 0.2) is 5.79 Å². The van der Waals surface area contributed by atoms with Crippen molar-refractivity contribution in [3.05, 3.63) is 12.2 Å². The number of carboxylic acids is 1. The summed E-state index contributed by atoms with van der Waals surface area (Å²) in [6.07, 6.45) is 11.0. The van der Waals surface area contributed by atoms with E-state index in [2.05, 4.69) is 29.7 Å². The van der Waals surface area contributed by atoms with Gasteiger partial charge in [0.05, 0.1) is 19.1 Å². The Morgan fingerprint density at radius 3 is 2.19 bits per heavy atom. The molecule has 0 spiro atoms. The molecular weight excluding hydrogens is 472 g/mol. The molecule has 3 atom stereocenters. The largest absolute Gasteiger partial charge is 0.481 e. The molecule has 1 saturated heterocycles. The lowest BCUT2D eigenvalue weighted by Crippen LogP contribution is -2.61. The van der Waals surface area contributed by atoms with Crippen LogP contribution in [0.2, 0.25) is 0 Å². The van der Waals surface area contributed by atoms with Crippen molar-refractivity contribution in [2.45, 2.75) is 137 Å². The number of hydrogen-bond acceptors (Lipinski definition) is 5. The SMILES string of the molecule is CCCC/C=C/CCCCC(C)(C)C(=O)NC(CC)C(CC(=O)O)NC(=O)C1OC(C)(C)OCC1(C)C. The fraction of sp³-hybridized carbons (Fsp3) is 0.828. The minimum absolute atomic E-state index is 0.133. The molecule has 8 heteroatoms.